The molecule has 6 nitrogen and oxygen atoms in total. The zero-order chi connectivity index (χ0) is 15.4. The van der Waals surface area contributed by atoms with Gasteiger partial charge in [-0.15, -0.1) is 0 Å². The lowest BCUT2D eigenvalue weighted by atomic mass is 9.96. The highest BCUT2D eigenvalue weighted by Gasteiger charge is 2.26. The molecule has 2 rings (SSSR count). The third-order valence-corrected chi connectivity index (χ3v) is 3.75. The quantitative estimate of drug-likeness (QED) is 0.483. The highest BCUT2D eigenvalue weighted by atomic mass is 19.1. The van der Waals surface area contributed by atoms with Crippen LogP contribution in [0.4, 0.5) is 10.1 Å². The summed E-state index contributed by atoms with van der Waals surface area (Å²) in [5, 5.41) is 11.0. The summed E-state index contributed by atoms with van der Waals surface area (Å²) in [4.78, 5) is 23.9. The van der Waals surface area contributed by atoms with Crippen LogP contribution in [0, 0.1) is 21.8 Å². The minimum absolute atomic E-state index is 0.0773. The molecule has 0 aliphatic carbocycles. The summed E-state index contributed by atoms with van der Waals surface area (Å²) in [7, 11) is 1.37. The largest absolute Gasteiger partial charge is 0.469 e. The second-order valence-electron chi connectivity index (χ2n) is 5.10. The van der Waals surface area contributed by atoms with Crippen LogP contribution in [0.1, 0.15) is 18.4 Å². The number of ether oxygens (including phenoxy) is 1. The number of methoxy groups -OCH3 is 1. The van der Waals surface area contributed by atoms with Crippen LogP contribution in [0.5, 0.6) is 0 Å². The van der Waals surface area contributed by atoms with Gasteiger partial charge in [-0.1, -0.05) is 0 Å². The van der Waals surface area contributed by atoms with Crippen LogP contribution in [0.2, 0.25) is 0 Å². The van der Waals surface area contributed by atoms with Gasteiger partial charge in [0.2, 0.25) is 0 Å². The molecule has 21 heavy (non-hydrogen) atoms. The van der Waals surface area contributed by atoms with Crippen LogP contribution in [0.3, 0.4) is 0 Å². The van der Waals surface area contributed by atoms with Crippen LogP contribution < -0.4 is 0 Å². The van der Waals surface area contributed by atoms with E-state index in [0.29, 0.717) is 38.0 Å². The average Bonchev–Trinajstić information content (AvgIpc) is 2.47. The fourth-order valence-corrected chi connectivity index (χ4v) is 2.59. The van der Waals surface area contributed by atoms with Crippen molar-refractivity contribution in [2.45, 2.75) is 19.4 Å². The van der Waals surface area contributed by atoms with Crippen molar-refractivity contribution in [1.82, 2.24) is 4.90 Å². The van der Waals surface area contributed by atoms with Gasteiger partial charge in [-0.05, 0) is 38.1 Å². The smallest absolute Gasteiger partial charge is 0.308 e. The second-order valence-corrected chi connectivity index (χ2v) is 5.10. The van der Waals surface area contributed by atoms with Crippen LogP contribution in [-0.4, -0.2) is 36.0 Å². The van der Waals surface area contributed by atoms with Crippen molar-refractivity contribution in [2.75, 3.05) is 20.2 Å². The Balaban J connectivity index is 2.02. The summed E-state index contributed by atoms with van der Waals surface area (Å²) in [5.41, 5.74) is 0.281. The Morgan fingerprint density at radius 3 is 2.71 bits per heavy atom. The van der Waals surface area contributed by atoms with Crippen LogP contribution in [0.25, 0.3) is 0 Å². The second kappa shape index (κ2) is 6.62. The molecule has 0 unspecified atom stereocenters. The summed E-state index contributed by atoms with van der Waals surface area (Å²) in [6.07, 6.45) is 1.30. The van der Waals surface area contributed by atoms with E-state index >= 15 is 0 Å². The van der Waals surface area contributed by atoms with Crippen molar-refractivity contribution in [3.63, 3.8) is 0 Å². The van der Waals surface area contributed by atoms with E-state index in [1.807, 2.05) is 4.90 Å². The number of carbonyl (C=O) groups is 1. The molecule has 1 aromatic carbocycles. The van der Waals surface area contributed by atoms with E-state index in [1.165, 1.54) is 19.2 Å². The van der Waals surface area contributed by atoms with Gasteiger partial charge in [-0.25, -0.2) is 4.39 Å². The first-order valence-electron chi connectivity index (χ1n) is 6.74. The van der Waals surface area contributed by atoms with Crippen molar-refractivity contribution < 1.29 is 18.8 Å². The third kappa shape index (κ3) is 3.75. The number of nitrogens with zero attached hydrogens (tertiary/aromatic N) is 2. The number of rotatable bonds is 4. The lowest BCUT2D eigenvalue weighted by Gasteiger charge is -2.30. The number of likely N-dealkylation sites (tertiary alicyclic amines) is 1. The highest BCUT2D eigenvalue weighted by Crippen LogP contribution is 2.24. The van der Waals surface area contributed by atoms with E-state index in [-0.39, 0.29) is 17.6 Å². The molecule has 0 atom stereocenters. The first-order chi connectivity index (χ1) is 10.0. The molecule has 0 N–H and O–H groups in total. The van der Waals surface area contributed by atoms with Gasteiger partial charge in [0.05, 0.1) is 18.0 Å². The van der Waals surface area contributed by atoms with Crippen LogP contribution in [-0.2, 0) is 16.1 Å². The number of piperidine rings is 1. The summed E-state index contributed by atoms with van der Waals surface area (Å²) < 4.78 is 18.0. The Morgan fingerprint density at radius 1 is 1.48 bits per heavy atom. The van der Waals surface area contributed by atoms with E-state index < -0.39 is 10.7 Å². The maximum Gasteiger partial charge on any atom is 0.308 e. The molecule has 0 spiro atoms. The minimum Gasteiger partial charge on any atom is -0.469 e. The molecule has 1 aromatic rings. The standard InChI is InChI=1S/C14H17FN2O4/c1-21-14(18)10-4-6-16(7-5-10)9-11-8-12(15)2-3-13(11)17(19)20/h2-3,8,10H,4-7,9H2,1H3. The van der Waals surface area contributed by atoms with Gasteiger partial charge >= 0.3 is 5.97 Å². The van der Waals surface area contributed by atoms with E-state index in [9.17, 15) is 19.3 Å². The summed E-state index contributed by atoms with van der Waals surface area (Å²) >= 11 is 0. The van der Waals surface area contributed by atoms with Crippen molar-refractivity contribution in [2.24, 2.45) is 5.92 Å². The molecule has 1 saturated heterocycles. The minimum atomic E-state index is -0.504. The Labute approximate surface area is 121 Å². The first kappa shape index (κ1) is 15.4. The Morgan fingerprint density at radius 2 is 2.14 bits per heavy atom. The lowest BCUT2D eigenvalue weighted by Crippen LogP contribution is -2.36. The number of esters is 1. The van der Waals surface area contributed by atoms with Gasteiger partial charge in [0.15, 0.2) is 0 Å². The third-order valence-electron chi connectivity index (χ3n) is 3.75. The fraction of sp³-hybridized carbons (Fsp3) is 0.500. The van der Waals surface area contributed by atoms with Gasteiger partial charge in [0, 0.05) is 18.2 Å². The molecule has 1 aliphatic heterocycles. The van der Waals surface area contributed by atoms with Gasteiger partial charge < -0.3 is 4.74 Å². The molecular weight excluding hydrogens is 279 g/mol. The van der Waals surface area contributed by atoms with Crippen LogP contribution in [0.15, 0.2) is 18.2 Å². The van der Waals surface area contributed by atoms with E-state index in [0.717, 1.165) is 6.07 Å². The number of nitro groups is 1. The highest BCUT2D eigenvalue weighted by molar-refractivity contribution is 5.72. The van der Waals surface area contributed by atoms with Gasteiger partial charge in [0.1, 0.15) is 5.82 Å². The molecule has 0 aromatic heterocycles. The number of benzene rings is 1. The Kier molecular flexibility index (Phi) is 4.85. The number of hydrogen-bond acceptors (Lipinski definition) is 5. The first-order valence-corrected chi connectivity index (χ1v) is 6.74. The molecular formula is C14H17FN2O4. The van der Waals surface area contributed by atoms with Gasteiger partial charge in [-0.3, -0.25) is 19.8 Å². The summed E-state index contributed by atoms with van der Waals surface area (Å²) in [6, 6.07) is 3.47. The molecule has 0 radical (unpaired) electrons. The topological polar surface area (TPSA) is 72.7 Å². The molecule has 114 valence electrons. The molecule has 1 heterocycles. The molecule has 0 amide bonds. The summed E-state index contributed by atoms with van der Waals surface area (Å²) in [6.45, 7) is 1.57. The molecule has 0 saturated carbocycles. The normalized spacial score (nSPS) is 16.7. The fourth-order valence-electron chi connectivity index (χ4n) is 2.59. The molecule has 0 bridgehead atoms. The zero-order valence-electron chi connectivity index (χ0n) is 11.8. The van der Waals surface area contributed by atoms with E-state index in [4.69, 9.17) is 4.74 Å². The number of halogens is 1. The summed E-state index contributed by atoms with van der Waals surface area (Å²) in [5.74, 6) is -0.819. The van der Waals surface area contributed by atoms with Gasteiger partial charge in [0.25, 0.3) is 5.69 Å². The zero-order valence-corrected chi connectivity index (χ0v) is 11.8. The van der Waals surface area contributed by atoms with Crippen molar-refractivity contribution in [1.29, 1.82) is 0 Å². The predicted octanol–water partition coefficient (Wildman–Crippen LogP) is 2.12. The lowest BCUT2D eigenvalue weighted by molar-refractivity contribution is -0.385. The van der Waals surface area contributed by atoms with Gasteiger partial charge in [-0.2, -0.15) is 0 Å². The monoisotopic (exact) mass is 296 g/mol. The number of carbonyl (C=O) groups excluding carboxylic acids is 1. The molecule has 1 aliphatic rings. The molecule has 1 fully saturated rings. The van der Waals surface area contributed by atoms with Crippen molar-refractivity contribution in [3.05, 3.63) is 39.7 Å². The number of hydrogen-bond donors (Lipinski definition) is 0. The van der Waals surface area contributed by atoms with Crippen molar-refractivity contribution >= 4 is 11.7 Å². The van der Waals surface area contributed by atoms with E-state index in [1.54, 1.807) is 0 Å². The SMILES string of the molecule is COC(=O)C1CCN(Cc2cc(F)ccc2[N+](=O)[O-])CC1. The number of nitro benzene ring substituents is 1. The van der Waals surface area contributed by atoms with Crippen LogP contribution >= 0.6 is 0 Å². The maximum atomic E-state index is 13.3. The predicted molar refractivity (Wildman–Crippen MR) is 73.1 cm³/mol. The molecule has 7 heteroatoms. The van der Waals surface area contributed by atoms with Crippen molar-refractivity contribution in [3.8, 4) is 0 Å². The van der Waals surface area contributed by atoms with E-state index in [2.05, 4.69) is 0 Å². The average molecular weight is 296 g/mol. The maximum absolute atomic E-state index is 13.3. The Hall–Kier alpha value is -2.02. The Bertz CT molecular complexity index is 542.